The molecule has 0 aliphatic carbocycles. The molecule has 1 atom stereocenters. The maximum Gasteiger partial charge on any atom is 0.438 e. The van der Waals surface area contributed by atoms with Crippen LogP contribution in [0, 0.1) is 5.82 Å². The van der Waals surface area contributed by atoms with Crippen molar-refractivity contribution in [3.8, 4) is 11.5 Å². The fourth-order valence-corrected chi connectivity index (χ4v) is 5.62. The first kappa shape index (κ1) is 26.7. The minimum Gasteiger partial charge on any atom is -0.309 e. The Hall–Kier alpha value is -5.16. The maximum absolute atomic E-state index is 14.5. The zero-order chi connectivity index (χ0) is 29.7. The van der Waals surface area contributed by atoms with E-state index in [1.807, 2.05) is 37.3 Å². The van der Waals surface area contributed by atoms with Crippen LogP contribution in [0.15, 0.2) is 82.2 Å². The molecule has 0 unspecified atom stereocenters. The second kappa shape index (κ2) is 10.3. The van der Waals surface area contributed by atoms with Gasteiger partial charge in [-0.15, -0.1) is 0 Å². The highest BCUT2D eigenvalue weighted by Crippen LogP contribution is 2.42. The van der Waals surface area contributed by atoms with Gasteiger partial charge >= 0.3 is 5.76 Å². The third kappa shape index (κ3) is 4.67. The molecule has 0 fully saturated rings. The highest BCUT2D eigenvalue weighted by atomic mass is 35.5. The first-order chi connectivity index (χ1) is 20.8. The van der Waals surface area contributed by atoms with Crippen molar-refractivity contribution in [3.05, 3.63) is 122 Å². The van der Waals surface area contributed by atoms with Crippen molar-refractivity contribution in [2.75, 3.05) is 5.32 Å². The topological polar surface area (TPSA) is 132 Å². The predicted molar refractivity (Wildman–Crippen MR) is 157 cm³/mol. The van der Waals surface area contributed by atoms with Gasteiger partial charge in [-0.2, -0.15) is 5.10 Å². The highest BCUT2D eigenvalue weighted by molar-refractivity contribution is 6.31. The summed E-state index contributed by atoms with van der Waals surface area (Å²) in [5.74, 6) is 0.0778. The van der Waals surface area contributed by atoms with Gasteiger partial charge in [0.15, 0.2) is 11.6 Å². The van der Waals surface area contributed by atoms with Crippen LogP contribution in [0.1, 0.15) is 35.0 Å². The van der Waals surface area contributed by atoms with E-state index in [0.717, 1.165) is 16.5 Å². The smallest absolute Gasteiger partial charge is 0.309 e. The lowest BCUT2D eigenvalue weighted by atomic mass is 9.78. The molecule has 43 heavy (non-hydrogen) atoms. The molecule has 2 N–H and O–H groups in total. The van der Waals surface area contributed by atoms with E-state index in [9.17, 15) is 14.0 Å². The summed E-state index contributed by atoms with van der Waals surface area (Å²) in [6.45, 7) is 2.03. The summed E-state index contributed by atoms with van der Waals surface area (Å²) in [5, 5.41) is 12.6. The number of carbonyl (C=O) groups is 1. The molecule has 3 aromatic carbocycles. The van der Waals surface area contributed by atoms with Gasteiger partial charge in [0.05, 0.1) is 12.1 Å². The van der Waals surface area contributed by atoms with Gasteiger partial charge in [0, 0.05) is 34.2 Å². The number of carbonyl (C=O) groups excluding carboxylic acids is 1. The van der Waals surface area contributed by atoms with E-state index in [1.54, 1.807) is 41.2 Å². The van der Waals surface area contributed by atoms with Crippen LogP contribution < -0.4 is 11.1 Å². The largest absolute Gasteiger partial charge is 0.438 e. The average molecular weight is 596 g/mol. The number of amides is 1. The molecule has 10 nitrogen and oxygen atoms in total. The molecule has 1 amide bonds. The standard InChI is InChI=1S/C31H23ClFN7O3/c1-31(19-9-6-17(7-10-19)8-13-25-35-30(42)43-39-25)22-15-34-28(36-27(22)37-29(31)41)26-21-12-11-20(32)14-24(21)40(38-26)16-18-4-2-3-5-23(18)33/h2-7,9-12,14-15H,8,13,16H2,1H3,(H,35,39,42)(H,34,36,37,41)/t31-/m0/s1. The van der Waals surface area contributed by atoms with Gasteiger partial charge in [-0.05, 0) is 48.7 Å². The number of halogens is 2. The van der Waals surface area contributed by atoms with Crippen molar-refractivity contribution in [1.82, 2.24) is 29.9 Å². The number of fused-ring (bicyclic) bond motifs is 2. The fraction of sp³-hybridized carbons (Fsp3) is 0.161. The van der Waals surface area contributed by atoms with Crippen molar-refractivity contribution < 1.29 is 13.7 Å². The van der Waals surface area contributed by atoms with Crippen LogP contribution in [-0.4, -0.2) is 35.8 Å². The van der Waals surface area contributed by atoms with Gasteiger partial charge in [-0.25, -0.2) is 19.2 Å². The lowest BCUT2D eigenvalue weighted by Gasteiger charge is -2.22. The van der Waals surface area contributed by atoms with Crippen LogP contribution in [0.3, 0.4) is 0 Å². The molecule has 0 bridgehead atoms. The minimum absolute atomic E-state index is 0.190. The van der Waals surface area contributed by atoms with Crippen LogP contribution in [0.25, 0.3) is 22.4 Å². The Morgan fingerprint density at radius 3 is 2.63 bits per heavy atom. The lowest BCUT2D eigenvalue weighted by molar-refractivity contribution is -0.119. The van der Waals surface area contributed by atoms with Gasteiger partial charge in [0.25, 0.3) is 0 Å². The number of hydrogen-bond donors (Lipinski definition) is 2. The van der Waals surface area contributed by atoms with Gasteiger partial charge in [0.2, 0.25) is 5.91 Å². The van der Waals surface area contributed by atoms with Crippen LogP contribution in [0.2, 0.25) is 5.02 Å². The number of hydrogen-bond acceptors (Lipinski definition) is 7. The van der Waals surface area contributed by atoms with E-state index >= 15 is 0 Å². The number of nitrogens with one attached hydrogen (secondary N) is 2. The lowest BCUT2D eigenvalue weighted by Crippen LogP contribution is -2.32. The molecule has 6 aromatic rings. The van der Waals surface area contributed by atoms with Crippen LogP contribution in [-0.2, 0) is 29.6 Å². The number of aromatic nitrogens is 6. The Labute approximate surface area is 248 Å². The summed E-state index contributed by atoms with van der Waals surface area (Å²) < 4.78 is 20.7. The first-order valence-corrected chi connectivity index (χ1v) is 13.9. The monoisotopic (exact) mass is 595 g/mol. The molecule has 1 aliphatic heterocycles. The number of nitrogens with zero attached hydrogens (tertiary/aromatic N) is 5. The van der Waals surface area contributed by atoms with E-state index in [1.165, 1.54) is 6.07 Å². The van der Waals surface area contributed by atoms with Crippen molar-refractivity contribution >= 4 is 34.2 Å². The zero-order valence-electron chi connectivity index (χ0n) is 22.8. The summed E-state index contributed by atoms with van der Waals surface area (Å²) >= 11 is 6.31. The van der Waals surface area contributed by atoms with E-state index in [4.69, 9.17) is 21.7 Å². The van der Waals surface area contributed by atoms with Gasteiger partial charge in [-0.1, -0.05) is 59.2 Å². The first-order valence-electron chi connectivity index (χ1n) is 13.5. The van der Waals surface area contributed by atoms with E-state index in [0.29, 0.717) is 57.7 Å². The Morgan fingerprint density at radius 2 is 1.86 bits per heavy atom. The molecule has 0 spiro atoms. The molecule has 12 heteroatoms. The van der Waals surface area contributed by atoms with Crippen LogP contribution >= 0.6 is 11.6 Å². The zero-order valence-corrected chi connectivity index (χ0v) is 23.5. The summed E-state index contributed by atoms with van der Waals surface area (Å²) in [6.07, 6.45) is 2.80. The molecule has 3 aromatic heterocycles. The Balaban J connectivity index is 1.21. The number of anilines is 1. The van der Waals surface area contributed by atoms with Crippen molar-refractivity contribution in [3.63, 3.8) is 0 Å². The summed E-state index contributed by atoms with van der Waals surface area (Å²) in [4.78, 5) is 36.4. The normalized spacial score (nSPS) is 16.0. The third-order valence-electron chi connectivity index (χ3n) is 7.88. The molecule has 0 saturated heterocycles. The fourth-order valence-electron chi connectivity index (χ4n) is 5.45. The molecule has 0 saturated carbocycles. The molecule has 4 heterocycles. The minimum atomic E-state index is -1.01. The number of benzene rings is 3. The number of aryl methyl sites for hydroxylation is 2. The van der Waals surface area contributed by atoms with Crippen LogP contribution in [0.5, 0.6) is 0 Å². The van der Waals surface area contributed by atoms with E-state index in [2.05, 4.69) is 25.0 Å². The predicted octanol–water partition coefficient (Wildman–Crippen LogP) is 5.05. The number of aromatic amines is 1. The molecule has 0 radical (unpaired) electrons. The Kier molecular flexibility index (Phi) is 6.39. The van der Waals surface area contributed by atoms with Gasteiger partial charge in [0.1, 0.15) is 22.7 Å². The van der Waals surface area contributed by atoms with Crippen molar-refractivity contribution in [1.29, 1.82) is 0 Å². The van der Waals surface area contributed by atoms with Crippen molar-refractivity contribution in [2.24, 2.45) is 0 Å². The Bertz CT molecular complexity index is 2090. The molecule has 1 aliphatic rings. The SMILES string of the molecule is C[C@@]1(c2ccc(CCc3noc(=O)[nH]3)cc2)C(=O)Nc2nc(-c3nn(Cc4ccccc4F)c4cc(Cl)ccc34)ncc21. The van der Waals surface area contributed by atoms with E-state index in [-0.39, 0.29) is 18.3 Å². The van der Waals surface area contributed by atoms with E-state index < -0.39 is 11.2 Å². The molecule has 214 valence electrons. The summed E-state index contributed by atoms with van der Waals surface area (Å²) in [6, 6.07) is 19.6. The second-order valence-corrected chi connectivity index (χ2v) is 11.0. The van der Waals surface area contributed by atoms with Crippen LogP contribution in [0.4, 0.5) is 10.2 Å². The molecular weight excluding hydrogens is 573 g/mol. The maximum atomic E-state index is 14.5. The molecular formula is C31H23ClFN7O3. The van der Waals surface area contributed by atoms with Gasteiger partial charge < -0.3 is 5.32 Å². The number of H-pyrrole nitrogens is 1. The molecule has 7 rings (SSSR count). The quantitative estimate of drug-likeness (QED) is 0.264. The summed E-state index contributed by atoms with van der Waals surface area (Å²) in [7, 11) is 0. The van der Waals surface area contributed by atoms with Crippen molar-refractivity contribution in [2.45, 2.75) is 31.7 Å². The highest BCUT2D eigenvalue weighted by Gasteiger charge is 2.45. The second-order valence-electron chi connectivity index (χ2n) is 10.5. The van der Waals surface area contributed by atoms with Gasteiger partial charge in [-0.3, -0.25) is 19.0 Å². The Morgan fingerprint density at radius 1 is 1.05 bits per heavy atom. The third-order valence-corrected chi connectivity index (χ3v) is 8.12. The summed E-state index contributed by atoms with van der Waals surface area (Å²) in [5.41, 5.74) is 3.11. The number of rotatable bonds is 7. The average Bonchev–Trinajstić information content (AvgIpc) is 3.66.